The Morgan fingerprint density at radius 2 is 1.65 bits per heavy atom. The van der Waals surface area contributed by atoms with Crippen LogP contribution in [0.3, 0.4) is 0 Å². The van der Waals surface area contributed by atoms with Crippen LogP contribution in [0.25, 0.3) is 0 Å². The van der Waals surface area contributed by atoms with E-state index < -0.39 is 0 Å². The quantitative estimate of drug-likeness (QED) is 0.797. The summed E-state index contributed by atoms with van der Waals surface area (Å²) >= 11 is 0. The number of fused-ring (bicyclic) bond motifs is 1. The van der Waals surface area contributed by atoms with Crippen molar-refractivity contribution in [3.63, 3.8) is 0 Å². The third-order valence-electron chi connectivity index (χ3n) is 6.13. The van der Waals surface area contributed by atoms with E-state index in [4.69, 9.17) is 0 Å². The largest absolute Gasteiger partial charge is 0.312 e. The fourth-order valence-electron chi connectivity index (χ4n) is 5.01. The lowest BCUT2D eigenvalue weighted by Crippen LogP contribution is -2.46. The van der Waals surface area contributed by atoms with Crippen molar-refractivity contribution in [3.8, 4) is 0 Å². The van der Waals surface area contributed by atoms with E-state index in [9.17, 15) is 0 Å². The van der Waals surface area contributed by atoms with Gasteiger partial charge in [0.1, 0.15) is 0 Å². The van der Waals surface area contributed by atoms with Crippen LogP contribution in [0.2, 0.25) is 0 Å². The first-order valence-electron chi connectivity index (χ1n) is 9.32. The summed E-state index contributed by atoms with van der Waals surface area (Å²) in [6.07, 6.45) is 13.2. The Morgan fingerprint density at radius 1 is 0.950 bits per heavy atom. The fourth-order valence-corrected chi connectivity index (χ4v) is 5.01. The number of hydrogen-bond acceptors (Lipinski definition) is 2. The van der Waals surface area contributed by atoms with Gasteiger partial charge in [0.25, 0.3) is 0 Å². The van der Waals surface area contributed by atoms with Crippen molar-refractivity contribution < 1.29 is 0 Å². The smallest absolute Gasteiger partial charge is 0.0223 e. The molecule has 2 aliphatic carbocycles. The van der Waals surface area contributed by atoms with Crippen molar-refractivity contribution in [1.29, 1.82) is 0 Å². The Bertz CT molecular complexity index is 273. The molecule has 20 heavy (non-hydrogen) atoms. The van der Waals surface area contributed by atoms with Crippen LogP contribution in [0.4, 0.5) is 0 Å². The predicted octanol–water partition coefficient (Wildman–Crippen LogP) is 3.67. The molecule has 3 rings (SSSR count). The summed E-state index contributed by atoms with van der Waals surface area (Å²) in [5.74, 6) is 3.05. The lowest BCUT2D eigenvalue weighted by atomic mass is 9.83. The van der Waals surface area contributed by atoms with Gasteiger partial charge in [0, 0.05) is 25.7 Å². The molecule has 0 aromatic carbocycles. The summed E-state index contributed by atoms with van der Waals surface area (Å²) in [6.45, 7) is 7.65. The molecular formula is C18H34N2. The zero-order valence-corrected chi connectivity index (χ0v) is 13.4. The van der Waals surface area contributed by atoms with E-state index in [1.54, 1.807) is 0 Å². The molecule has 2 heteroatoms. The first-order chi connectivity index (χ1) is 9.86. The Kier molecular flexibility index (Phi) is 5.39. The molecule has 3 unspecified atom stereocenters. The van der Waals surface area contributed by atoms with Gasteiger partial charge in [-0.15, -0.1) is 0 Å². The third-order valence-corrected chi connectivity index (χ3v) is 6.13. The lowest BCUT2D eigenvalue weighted by molar-refractivity contribution is 0.197. The van der Waals surface area contributed by atoms with Crippen molar-refractivity contribution in [2.24, 2.45) is 17.8 Å². The van der Waals surface area contributed by atoms with Crippen LogP contribution >= 0.6 is 0 Å². The lowest BCUT2D eigenvalue weighted by Gasteiger charge is -2.34. The van der Waals surface area contributed by atoms with Gasteiger partial charge in [-0.3, -0.25) is 0 Å². The van der Waals surface area contributed by atoms with E-state index in [2.05, 4.69) is 17.1 Å². The monoisotopic (exact) mass is 278 g/mol. The molecule has 116 valence electrons. The predicted molar refractivity (Wildman–Crippen MR) is 85.9 cm³/mol. The van der Waals surface area contributed by atoms with Gasteiger partial charge in [-0.1, -0.05) is 32.6 Å². The second-order valence-corrected chi connectivity index (χ2v) is 7.63. The maximum Gasteiger partial charge on any atom is 0.0223 e. The van der Waals surface area contributed by atoms with Crippen molar-refractivity contribution in [2.75, 3.05) is 26.2 Å². The van der Waals surface area contributed by atoms with Gasteiger partial charge in [0.15, 0.2) is 0 Å². The van der Waals surface area contributed by atoms with E-state index in [1.165, 1.54) is 84.0 Å². The maximum absolute atomic E-state index is 3.89. The van der Waals surface area contributed by atoms with Crippen LogP contribution in [0.15, 0.2) is 0 Å². The fraction of sp³-hybridized carbons (Fsp3) is 1.00. The second kappa shape index (κ2) is 7.26. The van der Waals surface area contributed by atoms with E-state index in [0.29, 0.717) is 0 Å². The molecule has 2 nitrogen and oxygen atoms in total. The molecule has 3 atom stereocenters. The zero-order valence-electron chi connectivity index (χ0n) is 13.4. The first-order valence-corrected chi connectivity index (χ1v) is 9.32. The molecule has 0 amide bonds. The summed E-state index contributed by atoms with van der Waals surface area (Å²) < 4.78 is 0. The van der Waals surface area contributed by atoms with Crippen LogP contribution in [-0.2, 0) is 0 Å². The molecule has 3 fully saturated rings. The van der Waals surface area contributed by atoms with Gasteiger partial charge in [-0.2, -0.15) is 0 Å². The normalized spacial score (nSPS) is 33.5. The van der Waals surface area contributed by atoms with Crippen LogP contribution in [0.5, 0.6) is 0 Å². The molecule has 0 radical (unpaired) electrons. The van der Waals surface area contributed by atoms with Crippen molar-refractivity contribution in [1.82, 2.24) is 10.2 Å². The summed E-state index contributed by atoms with van der Waals surface area (Å²) in [5, 5.41) is 3.89. The zero-order chi connectivity index (χ0) is 13.8. The summed E-state index contributed by atoms with van der Waals surface area (Å²) in [6, 6.07) is 0.772. The minimum absolute atomic E-state index is 0.772. The molecule has 1 heterocycles. The molecular weight excluding hydrogens is 244 g/mol. The Hall–Kier alpha value is -0.0800. The van der Waals surface area contributed by atoms with Gasteiger partial charge in [-0.25, -0.2) is 0 Å². The number of hydrogen-bond donors (Lipinski definition) is 1. The van der Waals surface area contributed by atoms with Gasteiger partial charge < -0.3 is 10.2 Å². The van der Waals surface area contributed by atoms with E-state index in [0.717, 1.165) is 23.8 Å². The van der Waals surface area contributed by atoms with Crippen molar-refractivity contribution in [2.45, 2.75) is 70.8 Å². The first kappa shape index (κ1) is 14.8. The molecule has 1 aliphatic heterocycles. The Balaban J connectivity index is 1.52. The molecule has 0 aromatic rings. The Labute approximate surface area is 125 Å². The van der Waals surface area contributed by atoms with Crippen LogP contribution in [0, 0.1) is 17.8 Å². The van der Waals surface area contributed by atoms with E-state index in [1.807, 2.05) is 0 Å². The number of rotatable bonds is 6. The van der Waals surface area contributed by atoms with Crippen molar-refractivity contribution in [3.05, 3.63) is 0 Å². The average Bonchev–Trinajstić information content (AvgIpc) is 3.05. The van der Waals surface area contributed by atoms with Crippen LogP contribution in [0.1, 0.15) is 64.7 Å². The third kappa shape index (κ3) is 3.57. The van der Waals surface area contributed by atoms with Gasteiger partial charge in [0.05, 0.1) is 0 Å². The van der Waals surface area contributed by atoms with Crippen LogP contribution < -0.4 is 5.32 Å². The standard InChI is InChI=1S/C18H34N2/c1-2-11-19-18(15-7-4-3-5-8-15)14-20-12-16-9-6-10-17(16)13-20/h15-19H,2-14H2,1H3. The average molecular weight is 278 g/mol. The maximum atomic E-state index is 3.89. The van der Waals surface area contributed by atoms with Gasteiger partial charge in [0.2, 0.25) is 0 Å². The molecule has 0 bridgehead atoms. The highest BCUT2D eigenvalue weighted by atomic mass is 15.2. The minimum atomic E-state index is 0.772. The molecule has 0 spiro atoms. The summed E-state index contributed by atoms with van der Waals surface area (Å²) in [4.78, 5) is 2.80. The van der Waals surface area contributed by atoms with Crippen LogP contribution in [-0.4, -0.2) is 37.1 Å². The topological polar surface area (TPSA) is 15.3 Å². The SMILES string of the molecule is CCCNC(CN1CC2CCCC2C1)C1CCCCC1. The highest BCUT2D eigenvalue weighted by Crippen LogP contribution is 2.38. The van der Waals surface area contributed by atoms with Gasteiger partial charge >= 0.3 is 0 Å². The van der Waals surface area contributed by atoms with E-state index in [-0.39, 0.29) is 0 Å². The summed E-state index contributed by atoms with van der Waals surface area (Å²) in [5.41, 5.74) is 0. The highest BCUT2D eigenvalue weighted by Gasteiger charge is 2.37. The molecule has 3 aliphatic rings. The van der Waals surface area contributed by atoms with E-state index >= 15 is 0 Å². The molecule has 0 aromatic heterocycles. The second-order valence-electron chi connectivity index (χ2n) is 7.63. The highest BCUT2D eigenvalue weighted by molar-refractivity contribution is 4.91. The molecule has 1 N–H and O–H groups in total. The summed E-state index contributed by atoms with van der Waals surface area (Å²) in [7, 11) is 0. The number of nitrogens with zero attached hydrogens (tertiary/aromatic N) is 1. The Morgan fingerprint density at radius 3 is 2.30 bits per heavy atom. The van der Waals surface area contributed by atoms with Crippen molar-refractivity contribution >= 4 is 0 Å². The van der Waals surface area contributed by atoms with Gasteiger partial charge in [-0.05, 0) is 56.4 Å². The number of nitrogens with one attached hydrogen (secondary N) is 1. The number of likely N-dealkylation sites (tertiary alicyclic amines) is 1. The molecule has 2 saturated carbocycles. The minimum Gasteiger partial charge on any atom is -0.312 e. The molecule has 1 saturated heterocycles.